The topological polar surface area (TPSA) is 48.2 Å². The van der Waals surface area contributed by atoms with Crippen molar-refractivity contribution in [3.05, 3.63) is 47.6 Å². The lowest BCUT2D eigenvalue weighted by Gasteiger charge is -2.10. The van der Waals surface area contributed by atoms with Crippen molar-refractivity contribution < 1.29 is 9.26 Å². The molecular weight excluding hydrogens is 240 g/mol. The molecule has 0 radical (unpaired) electrons. The van der Waals surface area contributed by atoms with Crippen molar-refractivity contribution in [2.75, 3.05) is 13.0 Å². The van der Waals surface area contributed by atoms with Crippen LogP contribution in [0.15, 0.2) is 34.9 Å². The molecule has 1 heterocycles. The Morgan fingerprint density at radius 2 is 2.12 bits per heavy atom. The zero-order valence-corrected chi connectivity index (χ0v) is 10.2. The number of hydrogen-bond acceptors (Lipinski definition) is 4. The third-order valence-electron chi connectivity index (χ3n) is 2.36. The molecule has 0 amide bonds. The summed E-state index contributed by atoms with van der Waals surface area (Å²) in [6, 6.07) is 9.77. The second-order valence-corrected chi connectivity index (χ2v) is 3.89. The summed E-state index contributed by atoms with van der Waals surface area (Å²) >= 11 is 5.62. The van der Waals surface area contributed by atoms with Crippen LogP contribution in [0.2, 0.25) is 0 Å². The standard InChI is InChI=1S/C12H13ClN2O2/c1-16-11(9-5-3-2-4-6-9)12-14-10(7-8-13)17-15-12/h2-6,11H,7-8H2,1H3. The SMILES string of the molecule is COC(c1ccccc1)c1noc(CCCl)n1. The Hall–Kier alpha value is -1.39. The van der Waals surface area contributed by atoms with Crippen molar-refractivity contribution in [3.63, 3.8) is 0 Å². The van der Waals surface area contributed by atoms with E-state index in [2.05, 4.69) is 10.1 Å². The van der Waals surface area contributed by atoms with E-state index in [9.17, 15) is 0 Å². The minimum absolute atomic E-state index is 0.302. The van der Waals surface area contributed by atoms with E-state index in [1.807, 2.05) is 30.3 Å². The van der Waals surface area contributed by atoms with Crippen LogP contribution in [0.4, 0.5) is 0 Å². The molecule has 0 saturated carbocycles. The Kier molecular flexibility index (Phi) is 4.12. The largest absolute Gasteiger partial charge is 0.369 e. The van der Waals surface area contributed by atoms with Gasteiger partial charge in [-0.1, -0.05) is 35.5 Å². The Morgan fingerprint density at radius 1 is 1.35 bits per heavy atom. The number of aryl methyl sites for hydroxylation is 1. The molecule has 0 fully saturated rings. The molecule has 0 aliphatic heterocycles. The molecule has 0 aliphatic carbocycles. The van der Waals surface area contributed by atoms with Gasteiger partial charge in [0.05, 0.1) is 0 Å². The van der Waals surface area contributed by atoms with E-state index in [0.29, 0.717) is 24.0 Å². The van der Waals surface area contributed by atoms with Gasteiger partial charge in [-0.2, -0.15) is 4.98 Å². The number of halogens is 1. The van der Waals surface area contributed by atoms with Gasteiger partial charge >= 0.3 is 0 Å². The maximum absolute atomic E-state index is 5.62. The molecule has 2 aromatic rings. The van der Waals surface area contributed by atoms with Crippen LogP contribution in [0.3, 0.4) is 0 Å². The number of rotatable bonds is 5. The summed E-state index contributed by atoms with van der Waals surface area (Å²) < 4.78 is 10.5. The predicted octanol–water partition coefficient (Wildman–Crippen LogP) is 2.59. The lowest BCUT2D eigenvalue weighted by atomic mass is 10.1. The maximum atomic E-state index is 5.62. The zero-order valence-electron chi connectivity index (χ0n) is 9.47. The highest BCUT2D eigenvalue weighted by Gasteiger charge is 2.19. The van der Waals surface area contributed by atoms with Crippen molar-refractivity contribution in [3.8, 4) is 0 Å². The second kappa shape index (κ2) is 5.80. The summed E-state index contributed by atoms with van der Waals surface area (Å²) in [6.45, 7) is 0. The van der Waals surface area contributed by atoms with E-state index in [4.69, 9.17) is 20.9 Å². The number of methoxy groups -OCH3 is 1. The van der Waals surface area contributed by atoms with Crippen LogP contribution >= 0.6 is 11.6 Å². The van der Waals surface area contributed by atoms with E-state index in [1.54, 1.807) is 7.11 Å². The monoisotopic (exact) mass is 252 g/mol. The van der Waals surface area contributed by atoms with E-state index in [1.165, 1.54) is 0 Å². The molecule has 0 bridgehead atoms. The van der Waals surface area contributed by atoms with Crippen molar-refractivity contribution in [1.29, 1.82) is 0 Å². The molecular formula is C12H13ClN2O2. The number of benzene rings is 1. The van der Waals surface area contributed by atoms with Crippen molar-refractivity contribution in [2.45, 2.75) is 12.5 Å². The van der Waals surface area contributed by atoms with Crippen molar-refractivity contribution in [2.24, 2.45) is 0 Å². The molecule has 0 aliphatic rings. The molecule has 0 spiro atoms. The quantitative estimate of drug-likeness (QED) is 0.768. The normalized spacial score (nSPS) is 12.6. The fourth-order valence-corrected chi connectivity index (χ4v) is 1.74. The lowest BCUT2D eigenvalue weighted by molar-refractivity contribution is 0.126. The summed E-state index contributed by atoms with van der Waals surface area (Å²) in [6.07, 6.45) is 0.267. The molecule has 90 valence electrons. The van der Waals surface area contributed by atoms with Crippen molar-refractivity contribution >= 4 is 11.6 Å². The van der Waals surface area contributed by atoms with Crippen molar-refractivity contribution in [1.82, 2.24) is 10.1 Å². The first kappa shape index (κ1) is 12.1. The van der Waals surface area contributed by atoms with Crippen LogP contribution in [0.5, 0.6) is 0 Å². The van der Waals surface area contributed by atoms with Gasteiger partial charge in [-0.3, -0.25) is 0 Å². The van der Waals surface area contributed by atoms with Gasteiger partial charge in [0.2, 0.25) is 11.7 Å². The summed E-state index contributed by atoms with van der Waals surface area (Å²) in [5, 5.41) is 3.91. The predicted molar refractivity (Wildman–Crippen MR) is 64.0 cm³/mol. The van der Waals surface area contributed by atoms with Gasteiger partial charge in [0.15, 0.2) is 0 Å². The Balaban J connectivity index is 2.23. The Labute approximate surface area is 105 Å². The van der Waals surface area contributed by atoms with E-state index >= 15 is 0 Å². The highest BCUT2D eigenvalue weighted by atomic mass is 35.5. The van der Waals surface area contributed by atoms with Crippen LogP contribution in [0, 0.1) is 0 Å². The number of alkyl halides is 1. The van der Waals surface area contributed by atoms with Crippen LogP contribution < -0.4 is 0 Å². The maximum Gasteiger partial charge on any atom is 0.227 e. The number of ether oxygens (including phenoxy) is 1. The smallest absolute Gasteiger partial charge is 0.227 e. The fraction of sp³-hybridized carbons (Fsp3) is 0.333. The van der Waals surface area contributed by atoms with Crippen LogP contribution in [-0.2, 0) is 11.2 Å². The molecule has 1 unspecified atom stereocenters. The van der Waals surface area contributed by atoms with Gasteiger partial charge < -0.3 is 9.26 Å². The van der Waals surface area contributed by atoms with Gasteiger partial charge in [0.1, 0.15) is 6.10 Å². The molecule has 1 aromatic carbocycles. The van der Waals surface area contributed by atoms with Gasteiger partial charge in [-0.25, -0.2) is 0 Å². The Bertz CT molecular complexity index is 459. The molecule has 5 heteroatoms. The average molecular weight is 253 g/mol. The first-order valence-corrected chi connectivity index (χ1v) is 5.84. The summed E-state index contributed by atoms with van der Waals surface area (Å²) in [4.78, 5) is 4.26. The highest BCUT2D eigenvalue weighted by Crippen LogP contribution is 2.22. The number of aromatic nitrogens is 2. The fourth-order valence-electron chi connectivity index (χ4n) is 1.58. The molecule has 1 atom stereocenters. The molecule has 0 saturated heterocycles. The van der Waals surface area contributed by atoms with Crippen LogP contribution in [0.1, 0.15) is 23.4 Å². The molecule has 4 nitrogen and oxygen atoms in total. The van der Waals surface area contributed by atoms with E-state index in [0.717, 1.165) is 5.56 Å². The minimum Gasteiger partial charge on any atom is -0.369 e. The van der Waals surface area contributed by atoms with Crippen LogP contribution in [0.25, 0.3) is 0 Å². The van der Waals surface area contributed by atoms with Gasteiger partial charge in [-0.15, -0.1) is 11.6 Å². The Morgan fingerprint density at radius 3 is 2.76 bits per heavy atom. The molecule has 17 heavy (non-hydrogen) atoms. The summed E-state index contributed by atoms with van der Waals surface area (Å²) in [7, 11) is 1.62. The second-order valence-electron chi connectivity index (χ2n) is 3.51. The van der Waals surface area contributed by atoms with E-state index in [-0.39, 0.29) is 6.10 Å². The first-order valence-electron chi connectivity index (χ1n) is 5.31. The van der Waals surface area contributed by atoms with Crippen LogP contribution in [-0.4, -0.2) is 23.1 Å². The highest BCUT2D eigenvalue weighted by molar-refractivity contribution is 6.17. The lowest BCUT2D eigenvalue weighted by Crippen LogP contribution is -2.05. The van der Waals surface area contributed by atoms with Gasteiger partial charge in [0.25, 0.3) is 0 Å². The van der Waals surface area contributed by atoms with E-state index < -0.39 is 0 Å². The summed E-state index contributed by atoms with van der Waals surface area (Å²) in [5.74, 6) is 1.52. The first-order chi connectivity index (χ1) is 8.35. The molecule has 2 rings (SSSR count). The number of nitrogens with zero attached hydrogens (tertiary/aromatic N) is 2. The minimum atomic E-state index is -0.302. The van der Waals surface area contributed by atoms with Gasteiger partial charge in [0, 0.05) is 19.4 Å². The third kappa shape index (κ3) is 2.84. The average Bonchev–Trinajstić information content (AvgIpc) is 2.81. The number of hydrogen-bond donors (Lipinski definition) is 0. The zero-order chi connectivity index (χ0) is 12.1. The molecule has 0 N–H and O–H groups in total. The summed E-state index contributed by atoms with van der Waals surface area (Å²) in [5.41, 5.74) is 0.994. The third-order valence-corrected chi connectivity index (χ3v) is 2.55. The van der Waals surface area contributed by atoms with Gasteiger partial charge in [-0.05, 0) is 5.56 Å². The molecule has 1 aromatic heterocycles.